The first-order chi connectivity index (χ1) is 9.85. The van der Waals surface area contributed by atoms with Crippen molar-refractivity contribution in [1.82, 2.24) is 10.6 Å². The molecule has 5 nitrogen and oxygen atoms in total. The van der Waals surface area contributed by atoms with Crippen LogP contribution in [-0.2, 0) is 17.7 Å². The first-order valence-corrected chi connectivity index (χ1v) is 7.66. The molecule has 1 aromatic rings. The lowest BCUT2D eigenvalue weighted by molar-refractivity contribution is 0.0464. The quantitative estimate of drug-likeness (QED) is 0.876. The standard InChI is InChI=1S/C16H26N2O3/c1-5-13-6-7-14(20-13)10-17-11-8-12(9-11)18-15(19)21-16(2,3)4/h6-7,11-12,17H,5,8-10H2,1-4H3,(H,18,19). The van der Waals surface area contributed by atoms with Gasteiger partial charge in [-0.3, -0.25) is 0 Å². The van der Waals surface area contributed by atoms with Gasteiger partial charge in [0.25, 0.3) is 0 Å². The van der Waals surface area contributed by atoms with Gasteiger partial charge in [0.2, 0.25) is 0 Å². The van der Waals surface area contributed by atoms with Crippen LogP contribution in [0.25, 0.3) is 0 Å². The second-order valence-corrected chi connectivity index (χ2v) is 6.61. The highest BCUT2D eigenvalue weighted by Gasteiger charge is 2.31. The zero-order valence-electron chi connectivity index (χ0n) is 13.4. The van der Waals surface area contributed by atoms with Gasteiger partial charge >= 0.3 is 6.09 Å². The Morgan fingerprint density at radius 3 is 2.52 bits per heavy atom. The van der Waals surface area contributed by atoms with E-state index in [0.29, 0.717) is 6.04 Å². The van der Waals surface area contributed by atoms with E-state index in [1.165, 1.54) is 0 Å². The van der Waals surface area contributed by atoms with Crippen LogP contribution in [-0.4, -0.2) is 23.8 Å². The van der Waals surface area contributed by atoms with Crippen molar-refractivity contribution in [3.05, 3.63) is 23.7 Å². The Morgan fingerprint density at radius 2 is 1.95 bits per heavy atom. The molecule has 1 aromatic heterocycles. The number of carbonyl (C=O) groups is 1. The summed E-state index contributed by atoms with van der Waals surface area (Å²) in [5, 5.41) is 6.33. The molecule has 2 rings (SSSR count). The van der Waals surface area contributed by atoms with Crippen LogP contribution in [0.15, 0.2) is 16.5 Å². The molecule has 0 bridgehead atoms. The van der Waals surface area contributed by atoms with Gasteiger partial charge in [-0.05, 0) is 45.7 Å². The largest absolute Gasteiger partial charge is 0.465 e. The molecule has 0 unspecified atom stereocenters. The molecule has 2 N–H and O–H groups in total. The number of hydrogen-bond donors (Lipinski definition) is 2. The zero-order chi connectivity index (χ0) is 15.5. The number of ether oxygens (including phenoxy) is 1. The first-order valence-electron chi connectivity index (χ1n) is 7.66. The van der Waals surface area contributed by atoms with Crippen molar-refractivity contribution < 1.29 is 13.9 Å². The number of carbonyl (C=O) groups excluding carboxylic acids is 1. The maximum atomic E-state index is 11.6. The van der Waals surface area contributed by atoms with Crippen LogP contribution in [0, 0.1) is 0 Å². The van der Waals surface area contributed by atoms with Crippen molar-refractivity contribution in [3.63, 3.8) is 0 Å². The molecule has 21 heavy (non-hydrogen) atoms. The fraction of sp³-hybridized carbons (Fsp3) is 0.688. The molecule has 0 spiro atoms. The summed E-state index contributed by atoms with van der Waals surface area (Å²) in [4.78, 5) is 11.6. The summed E-state index contributed by atoms with van der Waals surface area (Å²) in [6.07, 6.45) is 2.46. The van der Waals surface area contributed by atoms with E-state index in [4.69, 9.17) is 9.15 Å². The van der Waals surface area contributed by atoms with E-state index in [-0.39, 0.29) is 12.1 Å². The Labute approximate surface area is 126 Å². The van der Waals surface area contributed by atoms with E-state index < -0.39 is 5.60 Å². The molecule has 0 aliphatic heterocycles. The molecule has 0 saturated heterocycles. The van der Waals surface area contributed by atoms with Gasteiger partial charge in [0, 0.05) is 18.5 Å². The zero-order valence-corrected chi connectivity index (χ0v) is 13.4. The summed E-state index contributed by atoms with van der Waals surface area (Å²) >= 11 is 0. The third kappa shape index (κ3) is 5.08. The molecule has 1 aliphatic carbocycles. The average Bonchev–Trinajstić information content (AvgIpc) is 2.77. The van der Waals surface area contributed by atoms with Gasteiger partial charge in [0.1, 0.15) is 17.1 Å². The van der Waals surface area contributed by atoms with Gasteiger partial charge in [-0.15, -0.1) is 0 Å². The van der Waals surface area contributed by atoms with Crippen LogP contribution < -0.4 is 10.6 Å². The maximum Gasteiger partial charge on any atom is 0.407 e. The molecule has 1 amide bonds. The summed E-state index contributed by atoms with van der Waals surface area (Å²) in [6, 6.07) is 4.67. The highest BCUT2D eigenvalue weighted by Crippen LogP contribution is 2.21. The van der Waals surface area contributed by atoms with E-state index in [1.807, 2.05) is 32.9 Å². The molecule has 1 fully saturated rings. The molecule has 0 atom stereocenters. The van der Waals surface area contributed by atoms with Crippen LogP contribution in [0.3, 0.4) is 0 Å². The predicted octanol–water partition coefficient (Wildman–Crippen LogP) is 2.99. The number of hydrogen-bond acceptors (Lipinski definition) is 4. The number of nitrogens with one attached hydrogen (secondary N) is 2. The highest BCUT2D eigenvalue weighted by atomic mass is 16.6. The van der Waals surface area contributed by atoms with Gasteiger partial charge in [-0.2, -0.15) is 0 Å². The molecule has 1 heterocycles. The van der Waals surface area contributed by atoms with Crippen LogP contribution in [0.2, 0.25) is 0 Å². The Balaban J connectivity index is 1.62. The lowest BCUT2D eigenvalue weighted by Crippen LogP contribution is -2.52. The van der Waals surface area contributed by atoms with Gasteiger partial charge in [-0.1, -0.05) is 6.92 Å². The van der Waals surface area contributed by atoms with Crippen molar-refractivity contribution in [3.8, 4) is 0 Å². The average molecular weight is 294 g/mol. The Hall–Kier alpha value is -1.49. The second kappa shape index (κ2) is 6.52. The summed E-state index contributed by atoms with van der Waals surface area (Å²) in [5.41, 5.74) is -0.443. The molecule has 118 valence electrons. The predicted molar refractivity (Wildman–Crippen MR) is 81.1 cm³/mol. The molecular weight excluding hydrogens is 268 g/mol. The number of furan rings is 1. The number of aryl methyl sites for hydroxylation is 1. The van der Waals surface area contributed by atoms with Crippen LogP contribution in [0.4, 0.5) is 4.79 Å². The van der Waals surface area contributed by atoms with E-state index in [1.54, 1.807) is 0 Å². The van der Waals surface area contributed by atoms with Gasteiger partial charge in [-0.25, -0.2) is 4.79 Å². The number of alkyl carbamates (subject to hydrolysis) is 1. The smallest absolute Gasteiger partial charge is 0.407 e. The molecular formula is C16H26N2O3. The minimum atomic E-state index is -0.443. The second-order valence-electron chi connectivity index (χ2n) is 6.61. The Kier molecular flexibility index (Phi) is 4.93. The monoisotopic (exact) mass is 294 g/mol. The van der Waals surface area contributed by atoms with Gasteiger partial charge < -0.3 is 19.8 Å². The SMILES string of the molecule is CCc1ccc(CNC2CC(NC(=O)OC(C)(C)C)C2)o1. The molecule has 1 saturated carbocycles. The lowest BCUT2D eigenvalue weighted by atomic mass is 9.87. The maximum absolute atomic E-state index is 11.6. The van der Waals surface area contributed by atoms with Crippen LogP contribution in [0.5, 0.6) is 0 Å². The van der Waals surface area contributed by atoms with E-state index >= 15 is 0 Å². The lowest BCUT2D eigenvalue weighted by Gasteiger charge is -2.36. The van der Waals surface area contributed by atoms with Crippen molar-refractivity contribution in [2.75, 3.05) is 0 Å². The van der Waals surface area contributed by atoms with Crippen LogP contribution >= 0.6 is 0 Å². The third-order valence-corrected chi connectivity index (χ3v) is 3.49. The van der Waals surface area contributed by atoms with Crippen molar-refractivity contribution in [2.45, 2.75) is 71.2 Å². The van der Waals surface area contributed by atoms with Crippen molar-refractivity contribution >= 4 is 6.09 Å². The van der Waals surface area contributed by atoms with Crippen molar-refractivity contribution in [1.29, 1.82) is 0 Å². The summed E-state index contributed by atoms with van der Waals surface area (Å²) in [6.45, 7) is 8.42. The molecule has 1 aliphatic rings. The summed E-state index contributed by atoms with van der Waals surface area (Å²) in [5.74, 6) is 1.99. The van der Waals surface area contributed by atoms with E-state index in [0.717, 1.165) is 37.3 Å². The van der Waals surface area contributed by atoms with Gasteiger partial charge in [0.15, 0.2) is 0 Å². The molecule has 0 radical (unpaired) electrons. The topological polar surface area (TPSA) is 63.5 Å². The minimum absolute atomic E-state index is 0.208. The third-order valence-electron chi connectivity index (χ3n) is 3.49. The molecule has 0 aromatic carbocycles. The van der Waals surface area contributed by atoms with Gasteiger partial charge in [0.05, 0.1) is 6.54 Å². The van der Waals surface area contributed by atoms with E-state index in [2.05, 4.69) is 17.6 Å². The summed E-state index contributed by atoms with van der Waals surface area (Å²) in [7, 11) is 0. The number of rotatable bonds is 5. The summed E-state index contributed by atoms with van der Waals surface area (Å²) < 4.78 is 10.9. The highest BCUT2D eigenvalue weighted by molar-refractivity contribution is 5.68. The fourth-order valence-electron chi connectivity index (χ4n) is 2.33. The first kappa shape index (κ1) is 15.9. The molecule has 5 heteroatoms. The van der Waals surface area contributed by atoms with Crippen molar-refractivity contribution in [2.24, 2.45) is 0 Å². The Bertz CT molecular complexity index is 470. The minimum Gasteiger partial charge on any atom is -0.465 e. The van der Waals surface area contributed by atoms with E-state index in [9.17, 15) is 4.79 Å². The normalized spacial score (nSPS) is 21.7. The number of amides is 1. The Morgan fingerprint density at radius 1 is 1.29 bits per heavy atom. The fourth-order valence-corrected chi connectivity index (χ4v) is 2.33. The van der Waals surface area contributed by atoms with Crippen LogP contribution in [0.1, 0.15) is 52.1 Å².